The maximum Gasteiger partial charge on any atom is 0.407 e. The largest absolute Gasteiger partial charge is 0.479 e. The fraction of sp³-hybridized carbons (Fsp3) is 0.429. The van der Waals surface area contributed by atoms with E-state index in [1.807, 2.05) is 28.8 Å². The molecule has 3 heterocycles. The first-order chi connectivity index (χ1) is 12.8. The number of fused-ring (bicyclic) bond motifs is 4. The van der Waals surface area contributed by atoms with Gasteiger partial charge in [-0.1, -0.05) is 32.9 Å². The summed E-state index contributed by atoms with van der Waals surface area (Å²) in [5.41, 5.74) is 2.63. The van der Waals surface area contributed by atoms with Crippen LogP contribution in [-0.2, 0) is 11.0 Å². The third-order valence-corrected chi connectivity index (χ3v) is 5.63. The number of nitrogens with zero attached hydrogens (tertiary/aromatic N) is 3. The molecule has 1 saturated heterocycles. The van der Waals surface area contributed by atoms with Crippen LogP contribution < -0.4 is 4.74 Å². The second-order valence-corrected chi connectivity index (χ2v) is 8.32. The standard InChI is InChI=1S/C21H23N3O3/c1-20(2,3)14-12-18-21(8-10-23(11-9-21)19(25)26)27-17-7-5-4-6-15(17)24(18)16(14)13-22/h4-7,12H,8-11H2,1-3H3,(H,25,26). The van der Waals surface area contributed by atoms with Gasteiger partial charge in [0.15, 0.2) is 5.60 Å². The molecule has 0 aliphatic carbocycles. The van der Waals surface area contributed by atoms with Crippen LogP contribution in [0, 0.1) is 11.3 Å². The van der Waals surface area contributed by atoms with Crippen LogP contribution in [0.3, 0.4) is 0 Å². The number of hydrogen-bond acceptors (Lipinski definition) is 3. The van der Waals surface area contributed by atoms with E-state index in [1.165, 1.54) is 4.90 Å². The number of amides is 1. The van der Waals surface area contributed by atoms with Gasteiger partial charge in [0.1, 0.15) is 17.5 Å². The van der Waals surface area contributed by atoms with Crippen molar-refractivity contribution in [3.63, 3.8) is 0 Å². The molecular weight excluding hydrogens is 342 g/mol. The summed E-state index contributed by atoms with van der Waals surface area (Å²) in [4.78, 5) is 12.8. The topological polar surface area (TPSA) is 78.5 Å². The molecule has 1 aromatic heterocycles. The molecule has 0 radical (unpaired) electrons. The van der Waals surface area contributed by atoms with Crippen molar-refractivity contribution in [1.82, 2.24) is 9.47 Å². The Labute approximate surface area is 158 Å². The molecule has 2 aliphatic rings. The summed E-state index contributed by atoms with van der Waals surface area (Å²) in [6.07, 6.45) is 0.225. The average molecular weight is 365 g/mol. The monoisotopic (exact) mass is 365 g/mol. The fourth-order valence-corrected chi connectivity index (χ4v) is 4.19. The van der Waals surface area contributed by atoms with Gasteiger partial charge in [0.2, 0.25) is 0 Å². The highest BCUT2D eigenvalue weighted by atomic mass is 16.5. The Morgan fingerprint density at radius 1 is 1.26 bits per heavy atom. The molecule has 4 rings (SSSR count). The molecule has 27 heavy (non-hydrogen) atoms. The molecular formula is C21H23N3O3. The molecule has 1 spiro atoms. The molecule has 0 atom stereocenters. The Morgan fingerprint density at radius 3 is 2.52 bits per heavy atom. The normalized spacial score (nSPS) is 17.6. The van der Waals surface area contributed by atoms with Gasteiger partial charge in [-0.25, -0.2) is 4.79 Å². The predicted molar refractivity (Wildman–Crippen MR) is 100 cm³/mol. The maximum absolute atomic E-state index is 11.3. The van der Waals surface area contributed by atoms with Crippen LogP contribution in [-0.4, -0.2) is 33.8 Å². The lowest BCUT2D eigenvalue weighted by atomic mass is 9.84. The second kappa shape index (κ2) is 5.78. The third kappa shape index (κ3) is 2.57. The Balaban J connectivity index is 1.92. The van der Waals surface area contributed by atoms with Crippen LogP contribution >= 0.6 is 0 Å². The van der Waals surface area contributed by atoms with E-state index >= 15 is 0 Å². The van der Waals surface area contributed by atoms with E-state index in [0.717, 1.165) is 22.7 Å². The van der Waals surface area contributed by atoms with Gasteiger partial charge < -0.3 is 14.7 Å². The summed E-state index contributed by atoms with van der Waals surface area (Å²) in [5.74, 6) is 0.737. The van der Waals surface area contributed by atoms with E-state index in [9.17, 15) is 15.2 Å². The quantitative estimate of drug-likeness (QED) is 0.765. The first kappa shape index (κ1) is 17.5. The molecule has 1 fully saturated rings. The SMILES string of the molecule is CC(C)(C)c1cc2n(c1C#N)-c1ccccc1OC21CCN(C(=O)O)CC1. The zero-order valence-electron chi connectivity index (χ0n) is 15.8. The van der Waals surface area contributed by atoms with Crippen molar-refractivity contribution in [2.45, 2.75) is 44.6 Å². The van der Waals surface area contributed by atoms with Crippen molar-refractivity contribution in [2.24, 2.45) is 0 Å². The van der Waals surface area contributed by atoms with Crippen molar-refractivity contribution in [1.29, 1.82) is 5.26 Å². The maximum atomic E-state index is 11.3. The van der Waals surface area contributed by atoms with Crippen molar-refractivity contribution < 1.29 is 14.6 Å². The molecule has 0 saturated carbocycles. The van der Waals surface area contributed by atoms with Crippen molar-refractivity contribution in [3.05, 3.63) is 47.3 Å². The lowest BCUT2D eigenvalue weighted by molar-refractivity contribution is -0.00900. The van der Waals surface area contributed by atoms with Gasteiger partial charge in [0.05, 0.1) is 11.4 Å². The van der Waals surface area contributed by atoms with Crippen LogP contribution in [0.25, 0.3) is 5.69 Å². The molecule has 6 nitrogen and oxygen atoms in total. The van der Waals surface area contributed by atoms with Gasteiger partial charge in [-0.15, -0.1) is 0 Å². The molecule has 2 aliphatic heterocycles. The molecule has 2 aromatic rings. The Morgan fingerprint density at radius 2 is 1.93 bits per heavy atom. The minimum atomic E-state index is -0.899. The first-order valence-corrected chi connectivity index (χ1v) is 9.20. The van der Waals surface area contributed by atoms with E-state index in [4.69, 9.17) is 4.74 Å². The van der Waals surface area contributed by atoms with Gasteiger partial charge in [-0.2, -0.15) is 5.26 Å². The van der Waals surface area contributed by atoms with Crippen LogP contribution in [0.1, 0.15) is 50.6 Å². The van der Waals surface area contributed by atoms with Crippen molar-refractivity contribution in [3.8, 4) is 17.5 Å². The number of benzene rings is 1. The smallest absolute Gasteiger partial charge is 0.407 e. The zero-order valence-corrected chi connectivity index (χ0v) is 15.8. The highest BCUT2D eigenvalue weighted by Crippen LogP contribution is 2.48. The minimum absolute atomic E-state index is 0.187. The van der Waals surface area contributed by atoms with E-state index in [-0.39, 0.29) is 5.41 Å². The number of piperidine rings is 1. The summed E-state index contributed by atoms with van der Waals surface area (Å²) in [5, 5.41) is 19.3. The second-order valence-electron chi connectivity index (χ2n) is 8.32. The molecule has 140 valence electrons. The summed E-state index contributed by atoms with van der Waals surface area (Å²) >= 11 is 0. The molecule has 1 aromatic carbocycles. The summed E-state index contributed by atoms with van der Waals surface area (Å²) in [7, 11) is 0. The van der Waals surface area contributed by atoms with Crippen LogP contribution in [0.15, 0.2) is 30.3 Å². The third-order valence-electron chi connectivity index (χ3n) is 5.63. The first-order valence-electron chi connectivity index (χ1n) is 9.20. The number of carboxylic acid groups (broad SMARTS) is 1. The Kier molecular flexibility index (Phi) is 3.74. The highest BCUT2D eigenvalue weighted by molar-refractivity contribution is 5.65. The number of para-hydroxylation sites is 2. The summed E-state index contributed by atoms with van der Waals surface area (Å²) in [6.45, 7) is 7.12. The Bertz CT molecular complexity index is 954. The lowest BCUT2D eigenvalue weighted by Crippen LogP contribution is -2.49. The predicted octanol–water partition coefficient (Wildman–Crippen LogP) is 4.01. The van der Waals surface area contributed by atoms with Crippen molar-refractivity contribution >= 4 is 6.09 Å². The Hall–Kier alpha value is -2.94. The average Bonchev–Trinajstić information content (AvgIpc) is 3.03. The number of likely N-dealkylation sites (tertiary alicyclic amines) is 1. The zero-order chi connectivity index (χ0) is 19.4. The van der Waals surface area contributed by atoms with Gasteiger partial charge in [-0.3, -0.25) is 4.57 Å². The number of hydrogen-bond donors (Lipinski definition) is 1. The van der Waals surface area contributed by atoms with E-state index in [0.29, 0.717) is 31.6 Å². The lowest BCUT2D eigenvalue weighted by Gasteiger charge is -2.44. The fourth-order valence-electron chi connectivity index (χ4n) is 4.19. The van der Waals surface area contributed by atoms with Crippen molar-refractivity contribution in [2.75, 3.05) is 13.1 Å². The van der Waals surface area contributed by atoms with Gasteiger partial charge in [-0.05, 0) is 29.2 Å². The molecule has 1 amide bonds. The summed E-state index contributed by atoms with van der Waals surface area (Å²) in [6, 6.07) is 12.2. The number of carbonyl (C=O) groups is 1. The summed E-state index contributed by atoms with van der Waals surface area (Å²) < 4.78 is 8.51. The van der Waals surface area contributed by atoms with Gasteiger partial charge in [0, 0.05) is 25.9 Å². The molecule has 0 unspecified atom stereocenters. The number of nitriles is 1. The molecule has 0 bridgehead atoms. The number of rotatable bonds is 0. The number of ether oxygens (including phenoxy) is 1. The van der Waals surface area contributed by atoms with E-state index in [1.54, 1.807) is 0 Å². The highest BCUT2D eigenvalue weighted by Gasteiger charge is 2.46. The number of aromatic nitrogens is 1. The van der Waals surface area contributed by atoms with Gasteiger partial charge >= 0.3 is 6.09 Å². The van der Waals surface area contributed by atoms with Crippen LogP contribution in [0.4, 0.5) is 4.79 Å². The minimum Gasteiger partial charge on any atom is -0.479 e. The van der Waals surface area contributed by atoms with E-state index < -0.39 is 11.7 Å². The van der Waals surface area contributed by atoms with Crippen LogP contribution in [0.2, 0.25) is 0 Å². The van der Waals surface area contributed by atoms with Crippen LogP contribution in [0.5, 0.6) is 5.75 Å². The van der Waals surface area contributed by atoms with E-state index in [2.05, 4.69) is 32.9 Å². The van der Waals surface area contributed by atoms with Gasteiger partial charge in [0.25, 0.3) is 0 Å². The molecule has 6 heteroatoms. The molecule has 1 N–H and O–H groups in total.